The first kappa shape index (κ1) is 29.9. The summed E-state index contributed by atoms with van der Waals surface area (Å²) in [7, 11) is 1.56. The van der Waals surface area contributed by atoms with E-state index in [1.54, 1.807) is 16.8 Å². The molecular formula is C31H38N8O4. The summed E-state index contributed by atoms with van der Waals surface area (Å²) < 4.78 is 1.46. The Kier molecular flexibility index (Phi) is 9.15. The first-order chi connectivity index (χ1) is 20.8. The van der Waals surface area contributed by atoms with Gasteiger partial charge >= 0.3 is 0 Å². The first-order valence-electron chi connectivity index (χ1n) is 14.6. The molecule has 5 rings (SSSR count). The van der Waals surface area contributed by atoms with Crippen LogP contribution in [0.1, 0.15) is 42.7 Å². The van der Waals surface area contributed by atoms with E-state index in [0.717, 1.165) is 11.1 Å². The molecule has 12 heteroatoms. The van der Waals surface area contributed by atoms with Crippen LogP contribution in [0.2, 0.25) is 0 Å². The average Bonchev–Trinajstić information content (AvgIpc) is 3.81. The fraction of sp³-hybridized carbons (Fsp3) is 0.419. The molecule has 4 N–H and O–H groups in total. The molecule has 2 fully saturated rings. The van der Waals surface area contributed by atoms with Crippen molar-refractivity contribution in [2.75, 3.05) is 20.1 Å². The molecule has 6 atom stereocenters. The van der Waals surface area contributed by atoms with E-state index < -0.39 is 36.0 Å². The van der Waals surface area contributed by atoms with Crippen LogP contribution in [0, 0.1) is 0 Å². The van der Waals surface area contributed by atoms with Crippen molar-refractivity contribution in [3.05, 3.63) is 84.4 Å². The number of benzene rings is 2. The second-order valence-corrected chi connectivity index (χ2v) is 11.3. The van der Waals surface area contributed by atoms with E-state index in [-0.39, 0.29) is 36.7 Å². The molecule has 0 aliphatic carbocycles. The van der Waals surface area contributed by atoms with Crippen molar-refractivity contribution < 1.29 is 19.2 Å². The number of nitrogens with one attached hydrogen (secondary N) is 2. The Morgan fingerprint density at radius 3 is 2.02 bits per heavy atom. The highest BCUT2D eigenvalue weighted by Gasteiger charge is 2.48. The van der Waals surface area contributed by atoms with Crippen molar-refractivity contribution in [1.82, 2.24) is 35.2 Å². The van der Waals surface area contributed by atoms with E-state index in [2.05, 4.69) is 20.7 Å². The number of amides is 4. The van der Waals surface area contributed by atoms with E-state index in [1.165, 1.54) is 24.3 Å². The number of nitrogens with zero attached hydrogens (tertiary/aromatic N) is 5. The van der Waals surface area contributed by atoms with Crippen LogP contribution in [0.3, 0.4) is 0 Å². The molecule has 3 heterocycles. The van der Waals surface area contributed by atoms with Gasteiger partial charge in [0.1, 0.15) is 30.8 Å². The Balaban J connectivity index is 1.46. The molecule has 3 aromatic rings. The van der Waals surface area contributed by atoms with E-state index in [1.807, 2.05) is 60.7 Å². The molecule has 0 bridgehead atoms. The highest BCUT2D eigenvalue weighted by Crippen LogP contribution is 2.37. The molecule has 226 valence electrons. The fourth-order valence-electron chi connectivity index (χ4n) is 6.14. The number of carbonyl (C=O) groups is 4. The van der Waals surface area contributed by atoms with Crippen molar-refractivity contribution in [3.63, 3.8) is 0 Å². The zero-order chi connectivity index (χ0) is 30.5. The van der Waals surface area contributed by atoms with Gasteiger partial charge in [-0.3, -0.25) is 23.9 Å². The van der Waals surface area contributed by atoms with Gasteiger partial charge < -0.3 is 26.2 Å². The number of carbonyl (C=O) groups excluding carboxylic acids is 4. The van der Waals surface area contributed by atoms with Crippen LogP contribution in [0.5, 0.6) is 0 Å². The van der Waals surface area contributed by atoms with Gasteiger partial charge in [-0.1, -0.05) is 60.7 Å². The molecule has 2 saturated heterocycles. The lowest BCUT2D eigenvalue weighted by Gasteiger charge is -2.33. The van der Waals surface area contributed by atoms with Crippen LogP contribution in [-0.2, 0) is 25.7 Å². The summed E-state index contributed by atoms with van der Waals surface area (Å²) in [5.41, 5.74) is 7.88. The van der Waals surface area contributed by atoms with Gasteiger partial charge in [-0.2, -0.15) is 5.10 Å². The van der Waals surface area contributed by atoms with E-state index >= 15 is 0 Å². The number of hydrogen-bond acceptors (Lipinski definition) is 7. The van der Waals surface area contributed by atoms with Gasteiger partial charge in [-0.15, -0.1) is 0 Å². The SMILES string of the molecule is CNC(=O)C1CC(c2ccccc2)CN1C(=O)C1CC(c2ccccc2)CN1C(=O)C(Cn1cncn1)NC(=O)C(C)N. The van der Waals surface area contributed by atoms with Crippen LogP contribution in [-0.4, -0.2) is 92.5 Å². The third kappa shape index (κ3) is 6.59. The molecule has 12 nitrogen and oxygen atoms in total. The second kappa shape index (κ2) is 13.2. The molecule has 0 saturated carbocycles. The summed E-state index contributed by atoms with van der Waals surface area (Å²) in [6, 6.07) is 16.2. The van der Waals surface area contributed by atoms with Crippen LogP contribution in [0.4, 0.5) is 0 Å². The molecular weight excluding hydrogens is 548 g/mol. The van der Waals surface area contributed by atoms with E-state index in [0.29, 0.717) is 19.4 Å². The van der Waals surface area contributed by atoms with Crippen LogP contribution < -0.4 is 16.4 Å². The van der Waals surface area contributed by atoms with Gasteiger partial charge in [0.05, 0.1) is 12.6 Å². The first-order valence-corrected chi connectivity index (χ1v) is 14.6. The highest BCUT2D eigenvalue weighted by molar-refractivity contribution is 5.95. The molecule has 4 amide bonds. The van der Waals surface area contributed by atoms with E-state index in [4.69, 9.17) is 5.73 Å². The Bertz CT molecular complexity index is 1420. The molecule has 2 aromatic carbocycles. The third-order valence-electron chi connectivity index (χ3n) is 8.41. The maximum Gasteiger partial charge on any atom is 0.247 e. The number of likely N-dealkylation sites (tertiary alicyclic amines) is 2. The normalized spacial score (nSPS) is 23.0. The summed E-state index contributed by atoms with van der Waals surface area (Å²) in [6.07, 6.45) is 3.67. The monoisotopic (exact) mass is 586 g/mol. The topological polar surface area (TPSA) is 156 Å². The van der Waals surface area contributed by atoms with Gasteiger partial charge in [0.15, 0.2) is 0 Å². The number of hydrogen-bond donors (Lipinski definition) is 3. The number of rotatable bonds is 9. The van der Waals surface area contributed by atoms with Crippen LogP contribution in [0.25, 0.3) is 0 Å². The lowest BCUT2D eigenvalue weighted by Crippen LogP contribution is -2.58. The largest absolute Gasteiger partial charge is 0.357 e. The van der Waals surface area contributed by atoms with Gasteiger partial charge in [-0.25, -0.2) is 4.98 Å². The van der Waals surface area contributed by atoms with Gasteiger partial charge in [0.2, 0.25) is 23.6 Å². The Hall–Kier alpha value is -4.58. The summed E-state index contributed by atoms with van der Waals surface area (Å²) in [4.78, 5) is 61.5. The van der Waals surface area contributed by atoms with Crippen molar-refractivity contribution in [2.45, 2.75) is 62.3 Å². The zero-order valence-electron chi connectivity index (χ0n) is 24.4. The quantitative estimate of drug-likeness (QED) is 0.332. The Morgan fingerprint density at radius 1 is 0.907 bits per heavy atom. The van der Waals surface area contributed by atoms with Gasteiger partial charge in [-0.05, 0) is 30.9 Å². The second-order valence-electron chi connectivity index (χ2n) is 11.3. The van der Waals surface area contributed by atoms with E-state index in [9.17, 15) is 19.2 Å². The minimum absolute atomic E-state index is 0.0192. The summed E-state index contributed by atoms with van der Waals surface area (Å²) in [5.74, 6) is -1.57. The van der Waals surface area contributed by atoms with Crippen molar-refractivity contribution >= 4 is 23.6 Å². The lowest BCUT2D eigenvalue weighted by molar-refractivity contribution is -0.148. The third-order valence-corrected chi connectivity index (χ3v) is 8.41. The summed E-state index contributed by atoms with van der Waals surface area (Å²) >= 11 is 0. The molecule has 43 heavy (non-hydrogen) atoms. The van der Waals surface area contributed by atoms with Gasteiger partial charge in [0, 0.05) is 32.0 Å². The minimum atomic E-state index is -1.03. The van der Waals surface area contributed by atoms with Crippen LogP contribution >= 0.6 is 0 Å². The minimum Gasteiger partial charge on any atom is -0.357 e. The highest BCUT2D eigenvalue weighted by atomic mass is 16.2. The lowest BCUT2D eigenvalue weighted by atomic mass is 9.96. The summed E-state index contributed by atoms with van der Waals surface area (Å²) in [5, 5.41) is 9.56. The standard InChI is InChI=1S/C31H38N8O4/c1-20(32)28(40)36-25(17-37-19-34-18-35-37)30(42)39-16-24(22-11-7-4-8-12-22)14-27(39)31(43)38-15-23(13-26(38)29(41)33-2)21-9-5-3-6-10-21/h3-12,18-20,23-27H,13-17,32H2,1-2H3,(H,33,41)(H,36,40). The molecule has 2 aliphatic heterocycles. The fourth-order valence-corrected chi connectivity index (χ4v) is 6.14. The maximum atomic E-state index is 14.4. The van der Waals surface area contributed by atoms with Gasteiger partial charge in [0.25, 0.3) is 0 Å². The van der Waals surface area contributed by atoms with Crippen molar-refractivity contribution in [2.24, 2.45) is 5.73 Å². The zero-order valence-corrected chi connectivity index (χ0v) is 24.4. The Morgan fingerprint density at radius 2 is 1.49 bits per heavy atom. The molecule has 0 spiro atoms. The Labute approximate surface area is 250 Å². The van der Waals surface area contributed by atoms with Crippen molar-refractivity contribution in [1.29, 1.82) is 0 Å². The number of likely N-dealkylation sites (N-methyl/N-ethyl adjacent to an activating group) is 1. The van der Waals surface area contributed by atoms with Crippen LogP contribution in [0.15, 0.2) is 73.3 Å². The maximum absolute atomic E-state index is 14.4. The average molecular weight is 587 g/mol. The molecule has 6 unspecified atom stereocenters. The molecule has 1 aromatic heterocycles. The molecule has 2 aliphatic rings. The molecule has 0 radical (unpaired) electrons. The predicted molar refractivity (Wildman–Crippen MR) is 158 cm³/mol. The smallest absolute Gasteiger partial charge is 0.247 e. The number of aromatic nitrogens is 3. The summed E-state index contributed by atoms with van der Waals surface area (Å²) in [6.45, 7) is 2.20. The number of nitrogens with two attached hydrogens (primary N) is 1. The predicted octanol–water partition coefficient (Wildman–Crippen LogP) is 0.626. The van der Waals surface area contributed by atoms with Crippen molar-refractivity contribution in [3.8, 4) is 0 Å².